The maximum Gasteiger partial charge on any atom is 0.343 e. The van der Waals surface area contributed by atoms with Gasteiger partial charge in [-0.25, -0.2) is 9.59 Å². The van der Waals surface area contributed by atoms with E-state index in [0.29, 0.717) is 0 Å². The summed E-state index contributed by atoms with van der Waals surface area (Å²) in [5, 5.41) is 47.5. The molecule has 1 spiro atoms. The number of hydrogen-bond acceptors (Lipinski definition) is 11. The zero-order valence-electron chi connectivity index (χ0n) is 22.7. The number of aliphatic hydroxyl groups excluding tert-OH is 2. The van der Waals surface area contributed by atoms with Crippen LogP contribution in [-0.4, -0.2) is 92.8 Å². The van der Waals surface area contributed by atoms with Crippen LogP contribution in [0.4, 0.5) is 0 Å². The highest BCUT2D eigenvalue weighted by molar-refractivity contribution is 5.91. The lowest BCUT2D eigenvalue weighted by atomic mass is 9.38. The summed E-state index contributed by atoms with van der Waals surface area (Å²) >= 11 is 0. The molecule has 0 amide bonds. The number of hydrogen-bond donors (Lipinski definition) is 4. The molecule has 11 heteroatoms. The predicted octanol–water partition coefficient (Wildman–Crippen LogP) is 0.420. The molecule has 1 aromatic rings. The minimum Gasteiger partial charge on any atom is -0.462 e. The van der Waals surface area contributed by atoms with E-state index in [1.165, 1.54) is 27.7 Å². The molecule has 0 radical (unpaired) electrons. The van der Waals surface area contributed by atoms with Crippen molar-refractivity contribution < 1.29 is 53.8 Å². The SMILES string of the molecule is CC(=O)OC12COC1CC(O)C13COC(=O)C1(O)C1=C(C)C(O)CC1(C(C)(C)O)C(OC(=O)c1ccccc1)C23. The lowest BCUT2D eigenvalue weighted by Crippen LogP contribution is -2.85. The van der Waals surface area contributed by atoms with Crippen molar-refractivity contribution in [2.45, 2.75) is 81.8 Å². The second kappa shape index (κ2) is 8.36. The molecule has 2 aliphatic heterocycles. The van der Waals surface area contributed by atoms with E-state index >= 15 is 0 Å². The summed E-state index contributed by atoms with van der Waals surface area (Å²) in [6, 6.07) is 8.14. The van der Waals surface area contributed by atoms with Gasteiger partial charge in [0, 0.05) is 13.3 Å². The molecule has 5 aliphatic rings. The van der Waals surface area contributed by atoms with Gasteiger partial charge < -0.3 is 39.4 Å². The fraction of sp³-hybridized carbons (Fsp3) is 0.621. The van der Waals surface area contributed by atoms with Crippen molar-refractivity contribution in [3.8, 4) is 0 Å². The summed E-state index contributed by atoms with van der Waals surface area (Å²) in [7, 11) is 0. The average Bonchev–Trinajstić information content (AvgIpc) is 3.31. The molecule has 40 heavy (non-hydrogen) atoms. The van der Waals surface area contributed by atoms with Gasteiger partial charge >= 0.3 is 17.9 Å². The average molecular weight is 559 g/mol. The molecule has 2 saturated carbocycles. The van der Waals surface area contributed by atoms with Gasteiger partial charge in [0.05, 0.1) is 46.7 Å². The van der Waals surface area contributed by atoms with Crippen molar-refractivity contribution in [1.82, 2.24) is 0 Å². The number of esters is 3. The van der Waals surface area contributed by atoms with Crippen LogP contribution in [0.25, 0.3) is 0 Å². The summed E-state index contributed by atoms with van der Waals surface area (Å²) < 4.78 is 23.5. The number of carbonyl (C=O) groups is 3. The molecule has 2 heterocycles. The van der Waals surface area contributed by atoms with E-state index < -0.39 is 82.5 Å². The van der Waals surface area contributed by atoms with Crippen LogP contribution in [0.15, 0.2) is 41.5 Å². The molecule has 6 rings (SSSR count). The standard InChI is InChI=1S/C29H34O11/c1-14-17(31)11-26(25(3,4)35)20(14)29(36)24(34)38-12-27(29)18(32)10-19-28(13-37-19,40-15(2)30)21(27)22(26)39-23(33)16-8-6-5-7-9-16/h5-9,17-19,21-22,31-32,35-36H,10-13H2,1-4H3. The molecule has 2 saturated heterocycles. The molecule has 4 fully saturated rings. The Hall–Kier alpha value is -2.83. The molecule has 216 valence electrons. The van der Waals surface area contributed by atoms with E-state index in [9.17, 15) is 34.8 Å². The first-order valence-corrected chi connectivity index (χ1v) is 13.5. The number of rotatable bonds is 4. The summed E-state index contributed by atoms with van der Waals surface area (Å²) in [6.45, 7) is 5.00. The molecular formula is C29H34O11. The minimum atomic E-state index is -2.54. The van der Waals surface area contributed by atoms with Crippen LogP contribution in [0.3, 0.4) is 0 Å². The number of cyclic esters (lactones) is 1. The Morgan fingerprint density at radius 1 is 1.12 bits per heavy atom. The van der Waals surface area contributed by atoms with Gasteiger partial charge in [0.1, 0.15) is 18.8 Å². The van der Waals surface area contributed by atoms with Gasteiger partial charge in [-0.2, -0.15) is 0 Å². The quantitative estimate of drug-likeness (QED) is 0.230. The van der Waals surface area contributed by atoms with Crippen molar-refractivity contribution in [1.29, 1.82) is 0 Å². The van der Waals surface area contributed by atoms with Gasteiger partial charge in [-0.1, -0.05) is 18.2 Å². The molecule has 0 bridgehead atoms. The van der Waals surface area contributed by atoms with Crippen molar-refractivity contribution in [2.75, 3.05) is 13.2 Å². The summed E-state index contributed by atoms with van der Waals surface area (Å²) in [5.41, 5.74) is -9.14. The lowest BCUT2D eigenvalue weighted by Gasteiger charge is -2.70. The van der Waals surface area contributed by atoms with Gasteiger partial charge in [-0.05, 0) is 50.5 Å². The number of ether oxygens (including phenoxy) is 4. The normalized spacial score (nSPS) is 43.5. The Kier molecular flexibility index (Phi) is 5.71. The van der Waals surface area contributed by atoms with E-state index in [4.69, 9.17) is 18.9 Å². The second-order valence-corrected chi connectivity index (χ2v) is 12.4. The van der Waals surface area contributed by atoms with Gasteiger partial charge in [0.25, 0.3) is 0 Å². The largest absolute Gasteiger partial charge is 0.462 e. The molecular weight excluding hydrogens is 524 g/mol. The van der Waals surface area contributed by atoms with Crippen molar-refractivity contribution in [3.05, 3.63) is 47.0 Å². The second-order valence-electron chi connectivity index (χ2n) is 12.4. The van der Waals surface area contributed by atoms with Crippen LogP contribution in [0.5, 0.6) is 0 Å². The first-order valence-electron chi connectivity index (χ1n) is 13.5. The van der Waals surface area contributed by atoms with E-state index in [-0.39, 0.29) is 36.2 Å². The fourth-order valence-corrected chi connectivity index (χ4v) is 8.56. The summed E-state index contributed by atoms with van der Waals surface area (Å²) in [5.74, 6) is -3.78. The maximum atomic E-state index is 13.7. The van der Waals surface area contributed by atoms with Crippen LogP contribution in [0.1, 0.15) is 50.9 Å². The molecule has 9 atom stereocenters. The third-order valence-electron chi connectivity index (χ3n) is 10.3. The van der Waals surface area contributed by atoms with E-state index in [0.717, 1.165) is 0 Å². The monoisotopic (exact) mass is 558 g/mol. The van der Waals surface area contributed by atoms with Crippen molar-refractivity contribution >= 4 is 17.9 Å². The summed E-state index contributed by atoms with van der Waals surface area (Å²) in [4.78, 5) is 39.9. The Morgan fingerprint density at radius 3 is 2.38 bits per heavy atom. The Morgan fingerprint density at radius 2 is 1.80 bits per heavy atom. The van der Waals surface area contributed by atoms with Crippen molar-refractivity contribution in [2.24, 2.45) is 16.7 Å². The maximum absolute atomic E-state index is 13.7. The van der Waals surface area contributed by atoms with Crippen LogP contribution in [0, 0.1) is 16.7 Å². The van der Waals surface area contributed by atoms with E-state index in [1.54, 1.807) is 30.3 Å². The Labute approximate surface area is 230 Å². The third-order valence-corrected chi connectivity index (χ3v) is 10.3. The van der Waals surface area contributed by atoms with Gasteiger partial charge in [-0.3, -0.25) is 4.79 Å². The number of aliphatic hydroxyl groups is 4. The minimum absolute atomic E-state index is 0.0414. The summed E-state index contributed by atoms with van der Waals surface area (Å²) in [6.07, 6.45) is -5.24. The third kappa shape index (κ3) is 2.99. The Bertz CT molecular complexity index is 1320. The first-order chi connectivity index (χ1) is 18.7. The van der Waals surface area contributed by atoms with Crippen LogP contribution in [0.2, 0.25) is 0 Å². The number of benzene rings is 1. The highest BCUT2D eigenvalue weighted by Gasteiger charge is 2.88. The Balaban J connectivity index is 1.69. The van der Waals surface area contributed by atoms with Crippen LogP contribution in [-0.2, 0) is 28.5 Å². The fourth-order valence-electron chi connectivity index (χ4n) is 8.56. The van der Waals surface area contributed by atoms with Crippen LogP contribution >= 0.6 is 0 Å². The van der Waals surface area contributed by atoms with E-state index in [2.05, 4.69) is 0 Å². The molecule has 11 nitrogen and oxygen atoms in total. The van der Waals surface area contributed by atoms with Crippen molar-refractivity contribution in [3.63, 3.8) is 0 Å². The van der Waals surface area contributed by atoms with E-state index in [1.807, 2.05) is 0 Å². The topological polar surface area (TPSA) is 169 Å². The molecule has 0 aromatic heterocycles. The molecule has 1 aromatic carbocycles. The van der Waals surface area contributed by atoms with Gasteiger partial charge in [0.2, 0.25) is 0 Å². The van der Waals surface area contributed by atoms with Crippen LogP contribution < -0.4 is 0 Å². The first kappa shape index (κ1) is 27.3. The predicted molar refractivity (Wildman–Crippen MR) is 134 cm³/mol. The zero-order valence-corrected chi connectivity index (χ0v) is 22.7. The highest BCUT2D eigenvalue weighted by Crippen LogP contribution is 2.74. The number of fused-ring (bicyclic) bond motifs is 4. The highest BCUT2D eigenvalue weighted by atomic mass is 16.6. The van der Waals surface area contributed by atoms with Gasteiger partial charge in [0.15, 0.2) is 11.2 Å². The molecule has 3 aliphatic carbocycles. The lowest BCUT2D eigenvalue weighted by molar-refractivity contribution is -0.368. The zero-order chi connectivity index (χ0) is 29.0. The molecule has 9 unspecified atom stereocenters. The van der Waals surface area contributed by atoms with Gasteiger partial charge in [-0.15, -0.1) is 0 Å². The molecule has 4 N–H and O–H groups in total. The number of carbonyl (C=O) groups excluding carboxylic acids is 3. The smallest absolute Gasteiger partial charge is 0.343 e.